The van der Waals surface area contributed by atoms with E-state index < -0.39 is 61.8 Å². The number of nitrogens with one attached hydrogen (secondary N) is 4. The van der Waals surface area contributed by atoms with Crippen molar-refractivity contribution in [2.24, 2.45) is 17.3 Å². The van der Waals surface area contributed by atoms with Gasteiger partial charge in [-0.05, 0) is 120 Å². The van der Waals surface area contributed by atoms with Gasteiger partial charge in [0.15, 0.2) is 0 Å². The van der Waals surface area contributed by atoms with Crippen molar-refractivity contribution >= 4 is 42.2 Å². The molecule has 65 heavy (non-hydrogen) atoms. The van der Waals surface area contributed by atoms with E-state index in [2.05, 4.69) is 66.3 Å². The summed E-state index contributed by atoms with van der Waals surface area (Å²) in [7, 11) is 0.841. The highest BCUT2D eigenvalue weighted by Gasteiger charge is 2.62. The van der Waals surface area contributed by atoms with Crippen LogP contribution in [0.15, 0.2) is 96.1 Å². The summed E-state index contributed by atoms with van der Waals surface area (Å²) in [6, 6.07) is 17.9. The number of hydrogen-bond donors (Lipinski definition) is 5. The summed E-state index contributed by atoms with van der Waals surface area (Å²) in [4.78, 5) is 70.0. The Labute approximate surface area is 381 Å². The van der Waals surface area contributed by atoms with E-state index >= 15 is 0 Å². The third-order valence-electron chi connectivity index (χ3n) is 14.3. The molecule has 9 rings (SSSR count). The fourth-order valence-corrected chi connectivity index (χ4v) is 10.1. The highest BCUT2D eigenvalue weighted by molar-refractivity contribution is 6.45. The minimum Gasteiger partial charge on any atom is -0.507 e. The molecule has 4 fully saturated rings. The van der Waals surface area contributed by atoms with Crippen molar-refractivity contribution in [3.05, 3.63) is 118 Å². The van der Waals surface area contributed by atoms with Gasteiger partial charge in [0.1, 0.15) is 17.8 Å². The molecule has 0 radical (unpaired) electrons. The van der Waals surface area contributed by atoms with Crippen LogP contribution in [0, 0.1) is 17.3 Å². The Morgan fingerprint density at radius 2 is 1.69 bits per heavy atom. The third-order valence-corrected chi connectivity index (χ3v) is 14.3. The molecular formula is C51H60BN5O8. The average molecular weight is 882 g/mol. The maximum Gasteiger partial charge on any atom is 0.478 e. The molecule has 2 aliphatic heterocycles. The first kappa shape index (κ1) is 45.6. The molecule has 6 aliphatic rings. The second kappa shape index (κ2) is 19.2. The first-order valence-corrected chi connectivity index (χ1v) is 23.0. The number of phenolic OH excluding ortho intramolecular Hbond substituents is 1. The first-order valence-electron chi connectivity index (χ1n) is 23.0. The molecule has 2 heterocycles. The molecule has 6 bridgehead atoms. The normalized spacial score (nSPS) is 24.6. The van der Waals surface area contributed by atoms with Crippen molar-refractivity contribution in [1.82, 2.24) is 26.2 Å². The molecule has 3 unspecified atom stereocenters. The van der Waals surface area contributed by atoms with Gasteiger partial charge in [-0.1, -0.05) is 87.9 Å². The van der Waals surface area contributed by atoms with Crippen molar-refractivity contribution in [2.75, 3.05) is 26.6 Å². The maximum atomic E-state index is 14.1. The van der Waals surface area contributed by atoms with Gasteiger partial charge in [0.05, 0.1) is 31.7 Å². The van der Waals surface area contributed by atoms with E-state index in [0.29, 0.717) is 40.5 Å². The van der Waals surface area contributed by atoms with Gasteiger partial charge in [-0.15, -0.1) is 0 Å². The van der Waals surface area contributed by atoms with E-state index in [1.54, 1.807) is 24.3 Å². The minimum absolute atomic E-state index is 0.00107. The van der Waals surface area contributed by atoms with Crippen molar-refractivity contribution in [2.45, 2.75) is 96.9 Å². The number of likely N-dealkylation sites (N-methyl/N-ethyl adjacent to an activating group) is 1. The van der Waals surface area contributed by atoms with Gasteiger partial charge in [0.25, 0.3) is 5.91 Å². The fraction of sp³-hybridized carbons (Fsp3) is 0.431. The summed E-state index contributed by atoms with van der Waals surface area (Å²) in [5.41, 5.74) is 6.91. The summed E-state index contributed by atoms with van der Waals surface area (Å²) >= 11 is 0. The van der Waals surface area contributed by atoms with Crippen LogP contribution >= 0.6 is 0 Å². The fourth-order valence-electron chi connectivity index (χ4n) is 10.1. The summed E-state index contributed by atoms with van der Waals surface area (Å²) in [5.74, 6) is -1.78. The van der Waals surface area contributed by atoms with Gasteiger partial charge in [-0.2, -0.15) is 0 Å². The lowest BCUT2D eigenvalue weighted by Gasteiger charge is -2.60. The molecule has 3 saturated carbocycles. The molecule has 340 valence electrons. The zero-order chi connectivity index (χ0) is 46.0. The van der Waals surface area contributed by atoms with Gasteiger partial charge in [0.2, 0.25) is 23.6 Å². The number of amides is 5. The average Bonchev–Trinajstić information content (AvgIpc) is 3.65. The number of unbranched alkanes of at least 4 members (excludes halogenated alkanes) is 1. The number of benzene rings is 3. The predicted octanol–water partition coefficient (Wildman–Crippen LogP) is 5.99. The molecule has 3 aromatic rings. The second-order valence-electron chi connectivity index (χ2n) is 18.8. The summed E-state index contributed by atoms with van der Waals surface area (Å²) in [6.07, 6.45) is 12.0. The Kier molecular flexibility index (Phi) is 13.5. The van der Waals surface area contributed by atoms with Crippen LogP contribution in [0.25, 0.3) is 16.7 Å². The Hall–Kier alpha value is -5.99. The van der Waals surface area contributed by atoms with Crippen LogP contribution in [0.4, 0.5) is 0 Å². The Morgan fingerprint density at radius 3 is 2.42 bits per heavy atom. The zero-order valence-corrected chi connectivity index (χ0v) is 37.9. The molecule has 6 atom stereocenters. The van der Waals surface area contributed by atoms with E-state index in [-0.39, 0.29) is 36.2 Å². The molecule has 4 aliphatic carbocycles. The monoisotopic (exact) mass is 881 g/mol. The smallest absolute Gasteiger partial charge is 0.478 e. The number of hydrogen-bond acceptors (Lipinski definition) is 8. The van der Waals surface area contributed by atoms with Crippen molar-refractivity contribution in [1.29, 1.82) is 0 Å². The van der Waals surface area contributed by atoms with Gasteiger partial charge in [-0.3, -0.25) is 24.0 Å². The molecule has 14 heteroatoms. The lowest BCUT2D eigenvalue weighted by Crippen LogP contribution is -2.59. The first-order chi connectivity index (χ1) is 31.2. The zero-order valence-electron chi connectivity index (χ0n) is 37.9. The van der Waals surface area contributed by atoms with E-state index in [1.807, 2.05) is 37.3 Å². The van der Waals surface area contributed by atoms with Gasteiger partial charge in [0, 0.05) is 24.6 Å². The van der Waals surface area contributed by atoms with Crippen molar-refractivity contribution in [3.63, 3.8) is 0 Å². The number of rotatable bonds is 11. The number of nitrogens with zero attached hydrogens (tertiary/aromatic N) is 1. The van der Waals surface area contributed by atoms with Gasteiger partial charge in [-0.25, -0.2) is 0 Å². The Balaban J connectivity index is 0.961. The number of allylic oxidation sites excluding steroid dienone is 5. The van der Waals surface area contributed by atoms with E-state index in [4.69, 9.17) is 9.31 Å². The molecule has 0 spiro atoms. The predicted molar refractivity (Wildman–Crippen MR) is 249 cm³/mol. The number of aryl methyl sites for hydroxylation is 1. The van der Waals surface area contributed by atoms with Crippen LogP contribution in [0.1, 0.15) is 99.3 Å². The van der Waals surface area contributed by atoms with Gasteiger partial charge >= 0.3 is 7.12 Å². The van der Waals surface area contributed by atoms with Crippen LogP contribution in [0.3, 0.4) is 0 Å². The number of phenols is 1. The molecule has 1 saturated heterocycles. The summed E-state index contributed by atoms with van der Waals surface area (Å²) in [6.45, 7) is 7.75. The Morgan fingerprint density at radius 1 is 0.954 bits per heavy atom. The highest BCUT2D eigenvalue weighted by Crippen LogP contribution is 2.61. The summed E-state index contributed by atoms with van der Waals surface area (Å²) < 4.78 is 12.6. The topological polar surface area (TPSA) is 175 Å². The van der Waals surface area contributed by atoms with Crippen LogP contribution in [0.2, 0.25) is 0 Å². The van der Waals surface area contributed by atoms with Crippen LogP contribution in [-0.2, 0) is 34.9 Å². The largest absolute Gasteiger partial charge is 0.507 e. The molecule has 13 nitrogen and oxygen atoms in total. The van der Waals surface area contributed by atoms with Gasteiger partial charge < -0.3 is 40.6 Å². The third kappa shape index (κ3) is 9.84. The lowest BCUT2D eigenvalue weighted by atomic mass is 9.47. The molecule has 3 aromatic carbocycles. The van der Waals surface area contributed by atoms with Crippen molar-refractivity contribution in [3.8, 4) is 16.9 Å². The number of aromatic hydroxyl groups is 1. The second-order valence-corrected chi connectivity index (χ2v) is 18.8. The standard InChI is InChI=1S/C51H60BN5O8/c1-6-7-10-31-12-14-33(15-13-31)34-16-18-35(19-17-34)48(61)54-28-45(60)57(5)46-36-20-21-42(58)39(24-36)38-22-32(11-8-9-30(38)2)23-41(56-44(59)27-53-50(46)63)49(62)55-29-52-64-43-26-37-25-40(47(43)65-52)51(37,3)4/h9,11-22,24,37,40-41,43,46-47,58H,6-8,10,23,25-29H2,1-5H3,(H,53,63)(H,54,61)(H,55,62)(H,56,59)/t37-,40+,41-,43?,46?,47?/m0/s1. The van der Waals surface area contributed by atoms with E-state index in [0.717, 1.165) is 54.4 Å². The number of carbonyl (C=O) groups excluding carboxylic acids is 5. The molecule has 5 amide bonds. The van der Waals surface area contributed by atoms with Crippen LogP contribution in [-0.4, -0.2) is 91.5 Å². The molecular weight excluding hydrogens is 821 g/mol. The maximum absolute atomic E-state index is 14.1. The molecule has 0 aromatic heterocycles. The van der Waals surface area contributed by atoms with E-state index in [9.17, 15) is 29.1 Å². The number of fused-ring (bicyclic) bond motifs is 4. The van der Waals surface area contributed by atoms with E-state index in [1.165, 1.54) is 23.6 Å². The molecule has 5 N–H and O–H groups in total. The van der Waals surface area contributed by atoms with Crippen LogP contribution in [0.5, 0.6) is 5.75 Å². The highest BCUT2D eigenvalue weighted by atomic mass is 16.7. The number of carbonyl (C=O) groups is 5. The minimum atomic E-state index is -1.27. The lowest BCUT2D eigenvalue weighted by molar-refractivity contribution is -0.150. The Bertz CT molecular complexity index is 2430. The van der Waals surface area contributed by atoms with Crippen molar-refractivity contribution < 1.29 is 38.4 Å². The summed E-state index contributed by atoms with van der Waals surface area (Å²) in [5, 5.41) is 22.4. The van der Waals surface area contributed by atoms with Crippen LogP contribution < -0.4 is 21.3 Å². The SMILES string of the molecule is CCCCc1ccc(-c2ccc(C(=O)NCC(=O)N(C)C3C(=O)NCC(=O)N[C@H](C(=O)NCB4OC5C[C@@H]6C[C@H](C5O4)C6(C)C)CC4=CCC=C(C)C(=C4)c4cc3ccc4O)cc2)cc1. The quantitative estimate of drug-likeness (QED) is 0.146.